The topological polar surface area (TPSA) is 98.8 Å². The lowest BCUT2D eigenvalue weighted by Crippen LogP contribution is -2.20. The molecule has 10 heteroatoms. The number of hydrogen-bond acceptors (Lipinski definition) is 6. The number of hydrogen-bond donors (Lipinski definition) is 2. The number of nitrogen functional groups attached to an aromatic ring is 1. The van der Waals surface area contributed by atoms with E-state index in [9.17, 15) is 4.79 Å². The maximum atomic E-state index is 12.2. The molecule has 0 radical (unpaired) electrons. The van der Waals surface area contributed by atoms with Crippen LogP contribution in [0.3, 0.4) is 0 Å². The summed E-state index contributed by atoms with van der Waals surface area (Å²) < 4.78 is 10.8. The molecular formula is C16H15Cl3N4O3. The molecule has 2 aromatic rings. The molecule has 3 N–H and O–H groups in total. The number of nitrogens with zero attached hydrogens (tertiary/aromatic N) is 2. The van der Waals surface area contributed by atoms with Crippen molar-refractivity contribution in [2.24, 2.45) is 5.10 Å². The lowest BCUT2D eigenvalue weighted by molar-refractivity contribution is 0.0950. The van der Waals surface area contributed by atoms with Gasteiger partial charge in [-0.3, -0.25) is 4.79 Å². The molecule has 138 valence electrons. The van der Waals surface area contributed by atoms with Crippen molar-refractivity contribution < 1.29 is 14.3 Å². The minimum atomic E-state index is -0.698. The Hall–Kier alpha value is -2.22. The molecule has 0 spiro atoms. The van der Waals surface area contributed by atoms with E-state index in [1.165, 1.54) is 13.3 Å². The summed E-state index contributed by atoms with van der Waals surface area (Å²) in [5.74, 6) is 0.353. The summed E-state index contributed by atoms with van der Waals surface area (Å²) in [6, 6.07) is 5.29. The van der Waals surface area contributed by atoms with Gasteiger partial charge in [0.05, 0.1) is 30.6 Å². The number of aromatic nitrogens is 1. The SMILES string of the molecule is CCOc1cccc(/C=N/NC(=O)c2nc(Cl)c(Cl)c(N)c2Cl)c1OC. The number of nitrogens with two attached hydrogens (primary N) is 1. The largest absolute Gasteiger partial charge is 0.492 e. The van der Waals surface area contributed by atoms with Crippen molar-refractivity contribution in [2.45, 2.75) is 6.92 Å². The maximum absolute atomic E-state index is 12.2. The molecule has 0 saturated carbocycles. The maximum Gasteiger partial charge on any atom is 0.291 e. The van der Waals surface area contributed by atoms with Crippen LogP contribution >= 0.6 is 34.8 Å². The number of carbonyl (C=O) groups is 1. The molecule has 7 nitrogen and oxygen atoms in total. The van der Waals surface area contributed by atoms with Gasteiger partial charge in [0.1, 0.15) is 5.02 Å². The highest BCUT2D eigenvalue weighted by molar-refractivity contribution is 6.46. The molecule has 26 heavy (non-hydrogen) atoms. The fourth-order valence-corrected chi connectivity index (χ4v) is 2.61. The monoisotopic (exact) mass is 416 g/mol. The van der Waals surface area contributed by atoms with Crippen LogP contribution in [-0.4, -0.2) is 30.8 Å². The number of hydrazone groups is 1. The van der Waals surface area contributed by atoms with E-state index in [-0.39, 0.29) is 26.6 Å². The third-order valence-corrected chi connectivity index (χ3v) is 4.31. The van der Waals surface area contributed by atoms with Crippen LogP contribution in [0.4, 0.5) is 5.69 Å². The van der Waals surface area contributed by atoms with Crippen LogP contribution in [0.15, 0.2) is 23.3 Å². The standard InChI is InChI=1S/C16H15Cl3N4O3/c1-3-26-9-6-4-5-8(14(9)25-2)7-21-23-16(24)13-10(17)12(20)11(18)15(19)22-13/h4-7H,3H2,1-2H3,(H2,20,22)(H,23,24)/b21-7+. The molecule has 0 aliphatic rings. The van der Waals surface area contributed by atoms with Crippen molar-refractivity contribution >= 4 is 52.6 Å². The molecule has 0 aliphatic carbocycles. The number of para-hydroxylation sites is 1. The third-order valence-electron chi connectivity index (χ3n) is 3.17. The van der Waals surface area contributed by atoms with Gasteiger partial charge in [0.2, 0.25) is 0 Å². The normalized spacial score (nSPS) is 10.8. The summed E-state index contributed by atoms with van der Waals surface area (Å²) in [7, 11) is 1.51. The zero-order valence-electron chi connectivity index (χ0n) is 13.8. The number of pyridine rings is 1. The molecule has 0 unspecified atom stereocenters. The minimum absolute atomic E-state index is 0.0193. The molecule has 0 fully saturated rings. The number of ether oxygens (including phenoxy) is 2. The number of amides is 1. The number of anilines is 1. The molecule has 1 aromatic carbocycles. The van der Waals surface area contributed by atoms with Crippen LogP contribution in [0, 0.1) is 0 Å². The lowest BCUT2D eigenvalue weighted by Gasteiger charge is -2.11. The van der Waals surface area contributed by atoms with Gasteiger partial charge in [-0.1, -0.05) is 40.9 Å². The van der Waals surface area contributed by atoms with E-state index in [4.69, 9.17) is 50.0 Å². The van der Waals surface area contributed by atoms with Gasteiger partial charge in [0, 0.05) is 5.56 Å². The van der Waals surface area contributed by atoms with Gasteiger partial charge in [0.25, 0.3) is 5.91 Å². The molecule has 1 heterocycles. The Balaban J connectivity index is 2.22. The summed E-state index contributed by atoms with van der Waals surface area (Å²) in [6.07, 6.45) is 1.40. The Morgan fingerprint density at radius 3 is 2.73 bits per heavy atom. The van der Waals surface area contributed by atoms with Gasteiger partial charge in [-0.15, -0.1) is 0 Å². The fraction of sp³-hybridized carbons (Fsp3) is 0.188. The molecular weight excluding hydrogens is 403 g/mol. The first-order valence-corrected chi connectivity index (χ1v) is 8.47. The Morgan fingerprint density at radius 1 is 1.35 bits per heavy atom. The van der Waals surface area contributed by atoms with Crippen molar-refractivity contribution in [3.05, 3.63) is 44.7 Å². The predicted molar refractivity (Wildman–Crippen MR) is 103 cm³/mol. The van der Waals surface area contributed by atoms with E-state index < -0.39 is 5.91 Å². The van der Waals surface area contributed by atoms with Crippen molar-refractivity contribution in [3.63, 3.8) is 0 Å². The van der Waals surface area contributed by atoms with Gasteiger partial charge in [0.15, 0.2) is 22.3 Å². The van der Waals surface area contributed by atoms with E-state index in [2.05, 4.69) is 15.5 Å². The first-order valence-electron chi connectivity index (χ1n) is 7.33. The Bertz CT molecular complexity index is 859. The van der Waals surface area contributed by atoms with Crippen molar-refractivity contribution in [3.8, 4) is 11.5 Å². The summed E-state index contributed by atoms with van der Waals surface area (Å²) in [5, 5.41) is 3.62. The molecule has 1 amide bonds. The van der Waals surface area contributed by atoms with Gasteiger partial charge in [-0.2, -0.15) is 5.10 Å². The van der Waals surface area contributed by atoms with Crippen molar-refractivity contribution in [1.29, 1.82) is 0 Å². The summed E-state index contributed by atoms with van der Waals surface area (Å²) in [6.45, 7) is 2.34. The Labute approximate surface area is 165 Å². The predicted octanol–water partition coefficient (Wildman–Crippen LogP) is 3.80. The third kappa shape index (κ3) is 4.30. The zero-order chi connectivity index (χ0) is 19.3. The second-order valence-corrected chi connectivity index (χ2v) is 5.92. The number of carbonyl (C=O) groups excluding carboxylic acids is 1. The molecule has 1 aromatic heterocycles. The highest BCUT2D eigenvalue weighted by Crippen LogP contribution is 2.34. The summed E-state index contributed by atoms with van der Waals surface area (Å²) in [4.78, 5) is 16.0. The van der Waals surface area contributed by atoms with E-state index in [0.29, 0.717) is 23.7 Å². The average molecular weight is 418 g/mol. The number of halogens is 3. The first-order chi connectivity index (χ1) is 12.4. The zero-order valence-corrected chi connectivity index (χ0v) is 16.1. The van der Waals surface area contributed by atoms with Crippen LogP contribution in [0.2, 0.25) is 15.2 Å². The minimum Gasteiger partial charge on any atom is -0.492 e. The van der Waals surface area contributed by atoms with Crippen LogP contribution in [-0.2, 0) is 0 Å². The smallest absolute Gasteiger partial charge is 0.291 e. The fourth-order valence-electron chi connectivity index (χ4n) is 2.02. The van der Waals surface area contributed by atoms with Gasteiger partial charge >= 0.3 is 0 Å². The van der Waals surface area contributed by atoms with Gasteiger partial charge in [-0.25, -0.2) is 10.4 Å². The van der Waals surface area contributed by atoms with Crippen LogP contribution in [0.25, 0.3) is 0 Å². The van der Waals surface area contributed by atoms with E-state index in [0.717, 1.165) is 0 Å². The highest BCUT2D eigenvalue weighted by Gasteiger charge is 2.19. The van der Waals surface area contributed by atoms with E-state index >= 15 is 0 Å². The van der Waals surface area contributed by atoms with E-state index in [1.807, 2.05) is 6.92 Å². The van der Waals surface area contributed by atoms with Crippen LogP contribution < -0.4 is 20.6 Å². The molecule has 0 saturated heterocycles. The number of rotatable bonds is 6. The Morgan fingerprint density at radius 2 is 2.08 bits per heavy atom. The van der Waals surface area contributed by atoms with Gasteiger partial charge in [-0.05, 0) is 19.1 Å². The number of nitrogens with one attached hydrogen (secondary N) is 1. The molecule has 0 aliphatic heterocycles. The van der Waals surface area contributed by atoms with Crippen LogP contribution in [0.1, 0.15) is 23.0 Å². The molecule has 0 bridgehead atoms. The second kappa shape index (κ2) is 8.93. The first kappa shape index (κ1) is 20.1. The molecule has 2 rings (SSSR count). The van der Waals surface area contributed by atoms with E-state index in [1.54, 1.807) is 18.2 Å². The van der Waals surface area contributed by atoms with Crippen LogP contribution in [0.5, 0.6) is 11.5 Å². The van der Waals surface area contributed by atoms with Crippen molar-refractivity contribution in [2.75, 3.05) is 19.5 Å². The second-order valence-electron chi connectivity index (χ2n) is 4.80. The Kier molecular flexibility index (Phi) is 6.90. The number of methoxy groups -OCH3 is 1. The number of benzene rings is 1. The van der Waals surface area contributed by atoms with Gasteiger partial charge < -0.3 is 15.2 Å². The lowest BCUT2D eigenvalue weighted by atomic mass is 10.2. The van der Waals surface area contributed by atoms with Crippen molar-refractivity contribution in [1.82, 2.24) is 10.4 Å². The summed E-state index contributed by atoms with van der Waals surface area (Å²) >= 11 is 17.6. The molecule has 0 atom stereocenters. The highest BCUT2D eigenvalue weighted by atomic mass is 35.5. The summed E-state index contributed by atoms with van der Waals surface area (Å²) in [5.41, 5.74) is 8.36. The average Bonchev–Trinajstić information content (AvgIpc) is 2.63. The quantitative estimate of drug-likeness (QED) is 0.423.